The monoisotopic (exact) mass is 277 g/mol. The first-order chi connectivity index (χ1) is 9.65. The number of nitrogens with one attached hydrogen (secondary N) is 2. The van der Waals surface area contributed by atoms with Gasteiger partial charge in [-0.05, 0) is 30.9 Å². The van der Waals surface area contributed by atoms with Crippen LogP contribution in [0.1, 0.15) is 26.2 Å². The second-order valence-electron chi connectivity index (χ2n) is 5.07. The van der Waals surface area contributed by atoms with E-state index in [4.69, 9.17) is 0 Å². The minimum Gasteiger partial charge on any atom is -0.335 e. The van der Waals surface area contributed by atoms with E-state index in [0.29, 0.717) is 11.6 Å². The van der Waals surface area contributed by atoms with E-state index in [0.717, 1.165) is 19.3 Å². The number of pyridine rings is 1. The lowest BCUT2D eigenvalue weighted by molar-refractivity contribution is 0.251. The van der Waals surface area contributed by atoms with Gasteiger partial charge in [-0.3, -0.25) is 5.32 Å². The first kappa shape index (κ1) is 12.8. The molecule has 20 heavy (non-hydrogen) atoms. The Hall–Kier alpha value is -2.18. The lowest BCUT2D eigenvalue weighted by Crippen LogP contribution is -2.31. The van der Waals surface area contributed by atoms with Crippen molar-refractivity contribution < 1.29 is 9.18 Å². The van der Waals surface area contributed by atoms with Gasteiger partial charge in [-0.15, -0.1) is 5.10 Å². The van der Waals surface area contributed by atoms with Crippen LogP contribution in [0.2, 0.25) is 0 Å². The minimum atomic E-state index is -0.404. The average molecular weight is 277 g/mol. The highest BCUT2D eigenvalue weighted by molar-refractivity contribution is 5.88. The second-order valence-corrected chi connectivity index (χ2v) is 5.07. The number of nitrogens with zero attached hydrogens (tertiary/aromatic N) is 3. The van der Waals surface area contributed by atoms with Crippen molar-refractivity contribution >= 4 is 17.6 Å². The van der Waals surface area contributed by atoms with Gasteiger partial charge in [0.25, 0.3) is 5.95 Å². The molecule has 106 valence electrons. The van der Waals surface area contributed by atoms with Crippen molar-refractivity contribution in [3.8, 4) is 0 Å². The first-order valence-electron chi connectivity index (χ1n) is 6.75. The van der Waals surface area contributed by atoms with Crippen LogP contribution in [0.15, 0.2) is 18.3 Å². The number of carbonyl (C=O) groups is 1. The van der Waals surface area contributed by atoms with Gasteiger partial charge in [0.05, 0.1) is 6.20 Å². The van der Waals surface area contributed by atoms with Crippen LogP contribution in [-0.4, -0.2) is 26.7 Å². The molecule has 1 saturated carbocycles. The van der Waals surface area contributed by atoms with Crippen molar-refractivity contribution in [2.75, 3.05) is 5.32 Å². The molecule has 3 rings (SSSR count). The number of hydrogen-bond donors (Lipinski definition) is 2. The Balaban J connectivity index is 1.60. The summed E-state index contributed by atoms with van der Waals surface area (Å²) in [4.78, 5) is 15.9. The van der Waals surface area contributed by atoms with Crippen LogP contribution >= 0.6 is 0 Å². The molecule has 0 aromatic carbocycles. The second kappa shape index (κ2) is 5.07. The summed E-state index contributed by atoms with van der Waals surface area (Å²) >= 11 is 0. The number of halogens is 1. The topological polar surface area (TPSA) is 71.3 Å². The summed E-state index contributed by atoms with van der Waals surface area (Å²) < 4.78 is 14.3. The van der Waals surface area contributed by atoms with Crippen molar-refractivity contribution in [1.82, 2.24) is 19.9 Å². The van der Waals surface area contributed by atoms with Crippen molar-refractivity contribution in [2.24, 2.45) is 5.92 Å². The van der Waals surface area contributed by atoms with E-state index < -0.39 is 5.82 Å². The Kier molecular flexibility index (Phi) is 3.25. The van der Waals surface area contributed by atoms with E-state index in [-0.39, 0.29) is 18.0 Å². The maximum Gasteiger partial charge on any atom is 0.321 e. The molecule has 2 atom stereocenters. The van der Waals surface area contributed by atoms with Crippen LogP contribution in [0, 0.1) is 11.7 Å². The Morgan fingerprint density at radius 2 is 2.40 bits per heavy atom. The Labute approximate surface area is 115 Å². The number of hydrogen-bond acceptors (Lipinski definition) is 3. The molecule has 0 unspecified atom stereocenters. The molecule has 6 nitrogen and oxygen atoms in total. The van der Waals surface area contributed by atoms with Gasteiger partial charge in [0.15, 0.2) is 5.65 Å². The van der Waals surface area contributed by atoms with Gasteiger partial charge in [-0.2, -0.15) is 4.98 Å². The summed E-state index contributed by atoms with van der Waals surface area (Å²) in [5, 5.41) is 9.44. The van der Waals surface area contributed by atoms with Crippen LogP contribution in [0.25, 0.3) is 5.65 Å². The third kappa shape index (κ3) is 2.71. The highest BCUT2D eigenvalue weighted by atomic mass is 19.1. The summed E-state index contributed by atoms with van der Waals surface area (Å²) in [7, 11) is 0. The van der Waals surface area contributed by atoms with Gasteiger partial charge >= 0.3 is 6.03 Å². The molecule has 2 aromatic rings. The molecule has 1 aliphatic carbocycles. The van der Waals surface area contributed by atoms with Gasteiger partial charge in [0, 0.05) is 6.04 Å². The standard InChI is InChI=1S/C13H16FN5O/c1-2-3-8-6-10(8)15-13(20)17-12-16-11-5-4-9(14)7-19(11)18-12/h4-5,7-8,10H,2-3,6H2,1H3,(H2,15,17,18,20)/t8-,10+/m1/s1. The van der Waals surface area contributed by atoms with Crippen LogP contribution in [0.3, 0.4) is 0 Å². The zero-order chi connectivity index (χ0) is 14.1. The summed E-state index contributed by atoms with van der Waals surface area (Å²) in [5.41, 5.74) is 0.483. The predicted molar refractivity (Wildman–Crippen MR) is 71.9 cm³/mol. The molecule has 2 amide bonds. The van der Waals surface area contributed by atoms with Crippen LogP contribution in [-0.2, 0) is 0 Å². The Morgan fingerprint density at radius 1 is 1.55 bits per heavy atom. The molecule has 0 spiro atoms. The van der Waals surface area contributed by atoms with Gasteiger partial charge in [0.2, 0.25) is 0 Å². The quantitative estimate of drug-likeness (QED) is 0.899. The van der Waals surface area contributed by atoms with Crippen LogP contribution in [0.4, 0.5) is 15.1 Å². The van der Waals surface area contributed by atoms with Gasteiger partial charge in [-0.25, -0.2) is 13.7 Å². The fourth-order valence-corrected chi connectivity index (χ4v) is 2.33. The molecule has 0 radical (unpaired) electrons. The highest BCUT2D eigenvalue weighted by Crippen LogP contribution is 2.34. The summed E-state index contributed by atoms with van der Waals surface area (Å²) in [6.07, 6.45) is 4.51. The Morgan fingerprint density at radius 3 is 3.20 bits per heavy atom. The lowest BCUT2D eigenvalue weighted by Gasteiger charge is -2.03. The number of carbonyl (C=O) groups excluding carboxylic acids is 1. The SMILES string of the molecule is CCC[C@@H]1C[C@@H]1NC(=O)Nc1nc2ccc(F)cn2n1. The predicted octanol–water partition coefficient (Wildman–Crippen LogP) is 2.18. The van der Waals surface area contributed by atoms with Gasteiger partial charge in [0.1, 0.15) is 5.82 Å². The Bertz CT molecular complexity index is 641. The van der Waals surface area contributed by atoms with Crippen molar-refractivity contribution in [3.05, 3.63) is 24.1 Å². The molecule has 2 aromatic heterocycles. The molecule has 1 fully saturated rings. The maximum atomic E-state index is 13.0. The van der Waals surface area contributed by atoms with Gasteiger partial charge in [-0.1, -0.05) is 13.3 Å². The number of urea groups is 1. The van der Waals surface area contributed by atoms with E-state index in [1.165, 1.54) is 22.8 Å². The molecule has 1 aliphatic rings. The summed E-state index contributed by atoms with van der Waals surface area (Å²) in [6, 6.07) is 2.74. The maximum absolute atomic E-state index is 13.0. The zero-order valence-corrected chi connectivity index (χ0v) is 11.1. The third-order valence-corrected chi connectivity index (χ3v) is 3.42. The van der Waals surface area contributed by atoms with E-state index in [1.54, 1.807) is 0 Å². The largest absolute Gasteiger partial charge is 0.335 e. The number of aromatic nitrogens is 3. The van der Waals surface area contributed by atoms with Crippen molar-refractivity contribution in [1.29, 1.82) is 0 Å². The van der Waals surface area contributed by atoms with Crippen molar-refractivity contribution in [3.63, 3.8) is 0 Å². The zero-order valence-electron chi connectivity index (χ0n) is 11.1. The summed E-state index contributed by atoms with van der Waals surface area (Å²) in [6.45, 7) is 2.13. The molecule has 0 saturated heterocycles. The molecule has 2 N–H and O–H groups in total. The van der Waals surface area contributed by atoms with E-state index in [2.05, 4.69) is 27.6 Å². The molecular formula is C13H16FN5O. The lowest BCUT2D eigenvalue weighted by atomic mass is 10.2. The van der Waals surface area contributed by atoms with Crippen LogP contribution in [0.5, 0.6) is 0 Å². The van der Waals surface area contributed by atoms with Crippen molar-refractivity contribution in [2.45, 2.75) is 32.2 Å². The van der Waals surface area contributed by atoms with E-state index >= 15 is 0 Å². The molecule has 0 bridgehead atoms. The number of rotatable bonds is 4. The fourth-order valence-electron chi connectivity index (χ4n) is 2.33. The molecular weight excluding hydrogens is 261 g/mol. The average Bonchev–Trinajstić information content (AvgIpc) is 2.98. The fraction of sp³-hybridized carbons (Fsp3) is 0.462. The molecule has 2 heterocycles. The number of amides is 2. The number of anilines is 1. The van der Waals surface area contributed by atoms with Crippen LogP contribution < -0.4 is 10.6 Å². The minimum absolute atomic E-state index is 0.167. The summed E-state index contributed by atoms with van der Waals surface area (Å²) in [5.74, 6) is 0.355. The third-order valence-electron chi connectivity index (χ3n) is 3.42. The first-order valence-corrected chi connectivity index (χ1v) is 6.75. The van der Waals surface area contributed by atoms with E-state index in [9.17, 15) is 9.18 Å². The normalized spacial score (nSPS) is 20.9. The van der Waals surface area contributed by atoms with Gasteiger partial charge < -0.3 is 5.32 Å². The molecule has 7 heteroatoms. The van der Waals surface area contributed by atoms with E-state index in [1.807, 2.05) is 0 Å². The smallest absolute Gasteiger partial charge is 0.321 e. The number of fused-ring (bicyclic) bond motifs is 1. The highest BCUT2D eigenvalue weighted by Gasteiger charge is 2.37. The molecule has 0 aliphatic heterocycles.